The molecule has 7 nitrogen and oxygen atoms in total. The van der Waals surface area contributed by atoms with Crippen molar-refractivity contribution in [2.75, 3.05) is 26.6 Å². The summed E-state index contributed by atoms with van der Waals surface area (Å²) < 4.78 is 16.0. The number of aryl methyl sites for hydroxylation is 1. The Bertz CT molecular complexity index is 974. The van der Waals surface area contributed by atoms with Crippen molar-refractivity contribution in [1.82, 2.24) is 15.0 Å². The van der Waals surface area contributed by atoms with Crippen molar-refractivity contribution in [3.63, 3.8) is 0 Å². The molecule has 0 bridgehead atoms. The molecule has 0 aliphatic heterocycles. The van der Waals surface area contributed by atoms with E-state index in [0.29, 0.717) is 34.9 Å². The normalized spacial score (nSPS) is 10.4. The molecule has 1 aromatic heterocycles. The molecule has 2 aromatic carbocycles. The van der Waals surface area contributed by atoms with E-state index in [1.54, 1.807) is 20.3 Å². The second-order valence-electron chi connectivity index (χ2n) is 6.18. The van der Waals surface area contributed by atoms with Crippen LogP contribution in [0.15, 0.2) is 47.0 Å². The third kappa shape index (κ3) is 4.40. The van der Waals surface area contributed by atoms with Gasteiger partial charge in [-0.25, -0.2) is 0 Å². The molecule has 0 aliphatic carbocycles. The van der Waals surface area contributed by atoms with Crippen LogP contribution in [-0.2, 0) is 6.54 Å². The number of nitrogens with one attached hydrogen (secondary N) is 1. The summed E-state index contributed by atoms with van der Waals surface area (Å²) in [6.07, 6.45) is 0. The van der Waals surface area contributed by atoms with Gasteiger partial charge in [0.15, 0.2) is 16.6 Å². The van der Waals surface area contributed by atoms with Gasteiger partial charge in [-0.1, -0.05) is 23.4 Å². The van der Waals surface area contributed by atoms with Crippen LogP contribution in [0.2, 0.25) is 0 Å². The van der Waals surface area contributed by atoms with Crippen LogP contribution in [0.5, 0.6) is 11.5 Å². The molecule has 28 heavy (non-hydrogen) atoms. The highest BCUT2D eigenvalue weighted by Gasteiger charge is 2.15. The fourth-order valence-corrected chi connectivity index (χ4v) is 2.78. The van der Waals surface area contributed by atoms with Gasteiger partial charge in [-0.05, 0) is 49.0 Å². The minimum atomic E-state index is 0.387. The number of hydrogen-bond acceptors (Lipinski definition) is 6. The van der Waals surface area contributed by atoms with Crippen molar-refractivity contribution >= 4 is 23.0 Å². The Labute approximate surface area is 169 Å². The van der Waals surface area contributed by atoms with E-state index in [1.807, 2.05) is 55.3 Å². The van der Waals surface area contributed by atoms with E-state index in [1.165, 1.54) is 0 Å². The average molecular weight is 398 g/mol. The number of nitrogens with zero attached hydrogens (tertiary/aromatic N) is 3. The maximum atomic E-state index is 5.47. The molecule has 1 heterocycles. The lowest BCUT2D eigenvalue weighted by atomic mass is 10.2. The molecule has 0 fully saturated rings. The minimum absolute atomic E-state index is 0.387. The maximum Gasteiger partial charge on any atom is 0.246 e. The summed E-state index contributed by atoms with van der Waals surface area (Å²) in [4.78, 5) is 6.30. The first kappa shape index (κ1) is 19.6. The van der Waals surface area contributed by atoms with Crippen LogP contribution in [0.25, 0.3) is 11.4 Å². The molecular formula is C20H22N4O3S. The van der Waals surface area contributed by atoms with Crippen molar-refractivity contribution in [2.45, 2.75) is 13.5 Å². The average Bonchev–Trinajstić information content (AvgIpc) is 3.17. The molecule has 8 heteroatoms. The monoisotopic (exact) mass is 398 g/mol. The number of benzene rings is 2. The zero-order chi connectivity index (χ0) is 20.1. The molecule has 0 atom stereocenters. The molecule has 0 saturated carbocycles. The molecule has 0 aliphatic rings. The Morgan fingerprint density at radius 3 is 2.61 bits per heavy atom. The van der Waals surface area contributed by atoms with Gasteiger partial charge in [-0.15, -0.1) is 0 Å². The number of anilines is 1. The highest BCUT2D eigenvalue weighted by molar-refractivity contribution is 7.80. The van der Waals surface area contributed by atoms with Gasteiger partial charge in [-0.2, -0.15) is 4.98 Å². The first-order valence-corrected chi connectivity index (χ1v) is 9.05. The SMILES string of the molecule is COc1ccc(-c2noc(CN(C)C(=S)Nc3ccccc3C)n2)cc1OC. The Morgan fingerprint density at radius 2 is 1.89 bits per heavy atom. The first-order valence-electron chi connectivity index (χ1n) is 8.64. The molecular weight excluding hydrogens is 376 g/mol. The fourth-order valence-electron chi connectivity index (χ4n) is 2.61. The van der Waals surface area contributed by atoms with E-state index in [4.69, 9.17) is 26.2 Å². The number of para-hydroxylation sites is 1. The summed E-state index contributed by atoms with van der Waals surface area (Å²) in [5.74, 6) is 2.18. The maximum absolute atomic E-state index is 5.47. The number of aromatic nitrogens is 2. The summed E-state index contributed by atoms with van der Waals surface area (Å²) >= 11 is 5.47. The largest absolute Gasteiger partial charge is 0.493 e. The zero-order valence-electron chi connectivity index (χ0n) is 16.2. The van der Waals surface area contributed by atoms with Gasteiger partial charge < -0.3 is 24.2 Å². The van der Waals surface area contributed by atoms with Crippen LogP contribution in [-0.4, -0.2) is 41.4 Å². The zero-order valence-corrected chi connectivity index (χ0v) is 17.0. The summed E-state index contributed by atoms with van der Waals surface area (Å²) in [6.45, 7) is 2.41. The van der Waals surface area contributed by atoms with Crippen molar-refractivity contribution in [2.24, 2.45) is 0 Å². The van der Waals surface area contributed by atoms with Crippen LogP contribution in [0.1, 0.15) is 11.5 Å². The number of methoxy groups -OCH3 is 2. The van der Waals surface area contributed by atoms with Crippen LogP contribution < -0.4 is 14.8 Å². The summed E-state index contributed by atoms with van der Waals surface area (Å²) in [6, 6.07) is 13.4. The van der Waals surface area contributed by atoms with Gasteiger partial charge in [0.1, 0.15) is 0 Å². The van der Waals surface area contributed by atoms with Crippen molar-refractivity contribution < 1.29 is 14.0 Å². The fraction of sp³-hybridized carbons (Fsp3) is 0.250. The quantitative estimate of drug-likeness (QED) is 0.627. The summed E-state index contributed by atoms with van der Waals surface area (Å²) in [5.41, 5.74) is 2.86. The molecule has 146 valence electrons. The van der Waals surface area contributed by atoms with Gasteiger partial charge in [-0.3, -0.25) is 0 Å². The lowest BCUT2D eigenvalue weighted by Gasteiger charge is -2.20. The molecule has 0 spiro atoms. The highest BCUT2D eigenvalue weighted by Crippen LogP contribution is 2.31. The molecule has 0 unspecified atom stereocenters. The molecule has 0 amide bonds. The predicted octanol–water partition coefficient (Wildman–Crippen LogP) is 3.89. The standard InChI is InChI=1S/C20H22N4O3S/c1-13-7-5-6-8-15(13)21-20(28)24(2)12-18-22-19(23-27-18)14-9-10-16(25-3)17(11-14)26-4/h5-11H,12H2,1-4H3,(H,21,28). The van der Waals surface area contributed by atoms with Gasteiger partial charge >= 0.3 is 0 Å². The summed E-state index contributed by atoms with van der Waals surface area (Å²) in [5, 5.41) is 7.86. The van der Waals surface area contributed by atoms with Gasteiger partial charge in [0.05, 0.1) is 20.8 Å². The lowest BCUT2D eigenvalue weighted by Crippen LogP contribution is -2.30. The molecule has 3 rings (SSSR count). The Morgan fingerprint density at radius 1 is 1.14 bits per heavy atom. The van der Waals surface area contributed by atoms with E-state index >= 15 is 0 Å². The highest BCUT2D eigenvalue weighted by atomic mass is 32.1. The first-order chi connectivity index (χ1) is 13.5. The molecule has 1 N–H and O–H groups in total. The second-order valence-corrected chi connectivity index (χ2v) is 6.57. The third-order valence-corrected chi connectivity index (χ3v) is 4.63. The van der Waals surface area contributed by atoms with Gasteiger partial charge in [0.25, 0.3) is 0 Å². The topological polar surface area (TPSA) is 72.7 Å². The minimum Gasteiger partial charge on any atom is -0.493 e. The molecule has 0 radical (unpaired) electrons. The third-order valence-electron chi connectivity index (χ3n) is 4.22. The van der Waals surface area contributed by atoms with Crippen molar-refractivity contribution in [1.29, 1.82) is 0 Å². The van der Waals surface area contributed by atoms with E-state index < -0.39 is 0 Å². The number of ether oxygens (including phenoxy) is 2. The number of thiocarbonyl (C=S) groups is 1. The Balaban J connectivity index is 1.69. The van der Waals surface area contributed by atoms with Gasteiger partial charge in [0.2, 0.25) is 11.7 Å². The van der Waals surface area contributed by atoms with Crippen LogP contribution >= 0.6 is 12.2 Å². The van der Waals surface area contributed by atoms with Crippen molar-refractivity contribution in [3.8, 4) is 22.9 Å². The number of rotatable bonds is 6. The Hall–Kier alpha value is -3.13. The molecule has 0 saturated heterocycles. The van der Waals surface area contributed by atoms with E-state index in [0.717, 1.165) is 16.8 Å². The summed E-state index contributed by atoms with van der Waals surface area (Å²) in [7, 11) is 5.04. The second kappa shape index (κ2) is 8.71. The van der Waals surface area contributed by atoms with Crippen LogP contribution in [0.3, 0.4) is 0 Å². The smallest absolute Gasteiger partial charge is 0.246 e. The predicted molar refractivity (Wildman–Crippen MR) is 112 cm³/mol. The molecule has 3 aromatic rings. The number of hydrogen-bond donors (Lipinski definition) is 1. The lowest BCUT2D eigenvalue weighted by molar-refractivity contribution is 0.336. The van der Waals surface area contributed by atoms with Crippen LogP contribution in [0.4, 0.5) is 5.69 Å². The van der Waals surface area contributed by atoms with E-state index in [9.17, 15) is 0 Å². The Kier molecular flexibility index (Phi) is 6.10. The van der Waals surface area contributed by atoms with Crippen LogP contribution in [0, 0.1) is 6.92 Å². The van der Waals surface area contributed by atoms with Gasteiger partial charge in [0, 0.05) is 18.3 Å². The van der Waals surface area contributed by atoms with E-state index in [2.05, 4.69) is 15.5 Å². The van der Waals surface area contributed by atoms with E-state index in [-0.39, 0.29) is 0 Å². The van der Waals surface area contributed by atoms with Crippen molar-refractivity contribution in [3.05, 3.63) is 53.9 Å².